The van der Waals surface area contributed by atoms with Crippen molar-refractivity contribution in [3.8, 4) is 0 Å². The van der Waals surface area contributed by atoms with Gasteiger partial charge in [0.25, 0.3) is 5.91 Å². The zero-order chi connectivity index (χ0) is 15.4. The Kier molecular flexibility index (Phi) is 5.81. The first-order chi connectivity index (χ1) is 10.1. The summed E-state index contributed by atoms with van der Waals surface area (Å²) in [5.74, 6) is 0.747. The summed E-state index contributed by atoms with van der Waals surface area (Å²) in [6.07, 6.45) is 6.04. The van der Waals surface area contributed by atoms with Gasteiger partial charge in [-0.25, -0.2) is 0 Å². The summed E-state index contributed by atoms with van der Waals surface area (Å²) in [4.78, 5) is 16.2. The van der Waals surface area contributed by atoms with Crippen LogP contribution in [0.4, 0.5) is 10.7 Å². The maximum Gasteiger partial charge on any atom is 0.263 e. The number of anilines is 2. The van der Waals surface area contributed by atoms with Gasteiger partial charge in [0, 0.05) is 19.6 Å². The van der Waals surface area contributed by atoms with Crippen LogP contribution in [0.3, 0.4) is 0 Å². The topological polar surface area (TPSA) is 58.4 Å². The van der Waals surface area contributed by atoms with E-state index < -0.39 is 0 Å². The number of amides is 1. The van der Waals surface area contributed by atoms with Crippen molar-refractivity contribution in [3.63, 3.8) is 0 Å². The van der Waals surface area contributed by atoms with Crippen LogP contribution >= 0.6 is 23.1 Å². The van der Waals surface area contributed by atoms with E-state index in [1.807, 2.05) is 13.2 Å². The van der Waals surface area contributed by atoms with Gasteiger partial charge in [-0.2, -0.15) is 0 Å². The molecule has 6 heteroatoms. The Morgan fingerprint density at radius 1 is 1.48 bits per heavy atom. The fourth-order valence-electron chi connectivity index (χ4n) is 2.57. The molecule has 0 aliphatic heterocycles. The van der Waals surface area contributed by atoms with Crippen LogP contribution in [0.5, 0.6) is 0 Å². The van der Waals surface area contributed by atoms with Gasteiger partial charge in [-0.15, -0.1) is 23.1 Å². The van der Waals surface area contributed by atoms with Crippen molar-refractivity contribution in [3.05, 3.63) is 4.88 Å². The van der Waals surface area contributed by atoms with Gasteiger partial charge < -0.3 is 16.0 Å². The van der Waals surface area contributed by atoms with Crippen LogP contribution in [-0.2, 0) is 0 Å². The summed E-state index contributed by atoms with van der Waals surface area (Å²) in [5, 5.41) is 4.01. The quantitative estimate of drug-likeness (QED) is 0.753. The predicted octanol–water partition coefficient (Wildman–Crippen LogP) is 3.43. The molecule has 1 aliphatic rings. The first-order valence-corrected chi connectivity index (χ1v) is 9.65. The van der Waals surface area contributed by atoms with E-state index in [0.717, 1.165) is 28.9 Å². The molecule has 1 aromatic rings. The molecule has 0 radical (unpaired) electrons. The molecule has 2 rings (SSSR count). The van der Waals surface area contributed by atoms with Crippen LogP contribution in [-0.4, -0.2) is 31.8 Å². The van der Waals surface area contributed by atoms with Gasteiger partial charge >= 0.3 is 0 Å². The largest absolute Gasteiger partial charge is 0.396 e. The molecule has 118 valence electrons. The number of rotatable bonds is 7. The molecular formula is C15H25N3OS2. The molecule has 4 nitrogen and oxygen atoms in total. The average molecular weight is 328 g/mol. The summed E-state index contributed by atoms with van der Waals surface area (Å²) >= 11 is 3.17. The third-order valence-corrected chi connectivity index (χ3v) is 6.22. The van der Waals surface area contributed by atoms with E-state index in [1.165, 1.54) is 30.6 Å². The average Bonchev–Trinajstić information content (AvgIpc) is 2.75. The molecule has 21 heavy (non-hydrogen) atoms. The van der Waals surface area contributed by atoms with E-state index in [-0.39, 0.29) is 5.91 Å². The molecule has 1 fully saturated rings. The van der Waals surface area contributed by atoms with Crippen molar-refractivity contribution in [2.45, 2.75) is 38.0 Å². The second kappa shape index (κ2) is 7.40. The van der Waals surface area contributed by atoms with Crippen molar-refractivity contribution in [1.82, 2.24) is 5.32 Å². The molecule has 3 N–H and O–H groups in total. The minimum atomic E-state index is -0.0544. The highest BCUT2D eigenvalue weighted by molar-refractivity contribution is 7.99. The van der Waals surface area contributed by atoms with Crippen molar-refractivity contribution in [1.29, 1.82) is 0 Å². The summed E-state index contributed by atoms with van der Waals surface area (Å²) < 4.78 is 0. The number of nitrogens with two attached hydrogens (primary N) is 1. The number of nitrogens with one attached hydrogen (secondary N) is 1. The Morgan fingerprint density at radius 2 is 2.19 bits per heavy atom. The molecule has 0 aromatic carbocycles. The highest BCUT2D eigenvalue weighted by atomic mass is 32.2. The molecule has 1 aliphatic carbocycles. The van der Waals surface area contributed by atoms with Crippen molar-refractivity contribution < 1.29 is 4.79 Å². The smallest absolute Gasteiger partial charge is 0.263 e. The number of carbonyl (C=O) groups is 1. The van der Waals surface area contributed by atoms with Crippen LogP contribution in [0.15, 0.2) is 4.90 Å². The SMILES string of the molecule is CCNC(=O)c1sc(N(CC)CC2CCC2)c(SC)c1N. The highest BCUT2D eigenvalue weighted by Gasteiger charge is 2.26. The van der Waals surface area contributed by atoms with Gasteiger partial charge in [0.05, 0.1) is 10.6 Å². The number of thioether (sulfide) groups is 1. The van der Waals surface area contributed by atoms with Crippen molar-refractivity contribution in [2.75, 3.05) is 36.5 Å². The normalized spacial score (nSPS) is 14.8. The van der Waals surface area contributed by atoms with Gasteiger partial charge in [0.2, 0.25) is 0 Å². The van der Waals surface area contributed by atoms with E-state index in [4.69, 9.17) is 5.73 Å². The maximum absolute atomic E-state index is 12.1. The van der Waals surface area contributed by atoms with Crippen molar-refractivity contribution >= 4 is 39.7 Å². The number of nitrogen functional groups attached to an aromatic ring is 1. The predicted molar refractivity (Wildman–Crippen MR) is 93.7 cm³/mol. The number of hydrogen-bond acceptors (Lipinski definition) is 5. The Hall–Kier alpha value is -0.880. The minimum Gasteiger partial charge on any atom is -0.396 e. The van der Waals surface area contributed by atoms with E-state index in [1.54, 1.807) is 11.8 Å². The van der Waals surface area contributed by atoms with Crippen LogP contribution in [0.1, 0.15) is 42.8 Å². The molecule has 1 aromatic heterocycles. The molecule has 0 unspecified atom stereocenters. The number of hydrogen-bond donors (Lipinski definition) is 2. The number of carbonyl (C=O) groups excluding carboxylic acids is 1. The molecule has 1 heterocycles. The Morgan fingerprint density at radius 3 is 2.67 bits per heavy atom. The van der Waals surface area contributed by atoms with Gasteiger partial charge in [0.1, 0.15) is 9.88 Å². The molecule has 0 saturated heterocycles. The summed E-state index contributed by atoms with van der Waals surface area (Å²) in [5.41, 5.74) is 6.86. The summed E-state index contributed by atoms with van der Waals surface area (Å²) in [6, 6.07) is 0. The molecule has 0 bridgehead atoms. The molecule has 1 amide bonds. The van der Waals surface area contributed by atoms with Crippen LogP contribution < -0.4 is 16.0 Å². The lowest BCUT2D eigenvalue weighted by atomic mass is 9.85. The molecule has 0 atom stereocenters. The van der Waals surface area contributed by atoms with Gasteiger partial charge in [-0.3, -0.25) is 4.79 Å². The van der Waals surface area contributed by atoms with E-state index in [2.05, 4.69) is 17.1 Å². The van der Waals surface area contributed by atoms with E-state index in [0.29, 0.717) is 17.1 Å². The van der Waals surface area contributed by atoms with Crippen LogP contribution in [0.25, 0.3) is 0 Å². The lowest BCUT2D eigenvalue weighted by Gasteiger charge is -2.32. The monoisotopic (exact) mass is 327 g/mol. The van der Waals surface area contributed by atoms with E-state index in [9.17, 15) is 4.79 Å². The third-order valence-electron chi connectivity index (χ3n) is 4.00. The first-order valence-electron chi connectivity index (χ1n) is 7.61. The Balaban J connectivity index is 2.27. The van der Waals surface area contributed by atoms with Crippen LogP contribution in [0.2, 0.25) is 0 Å². The molecule has 0 spiro atoms. The van der Waals surface area contributed by atoms with Gasteiger partial charge in [-0.05, 0) is 38.9 Å². The molecule has 1 saturated carbocycles. The zero-order valence-electron chi connectivity index (χ0n) is 13.1. The fourth-order valence-corrected chi connectivity index (χ4v) is 4.74. The zero-order valence-corrected chi connectivity index (χ0v) is 14.7. The number of nitrogens with zero attached hydrogens (tertiary/aromatic N) is 1. The Bertz CT molecular complexity index is 497. The minimum absolute atomic E-state index is 0.0544. The fraction of sp³-hybridized carbons (Fsp3) is 0.667. The van der Waals surface area contributed by atoms with Crippen LogP contribution in [0, 0.1) is 5.92 Å². The standard InChI is InChI=1S/C15H25N3OS2/c1-4-17-14(19)12-11(16)13(20-3)15(21-12)18(5-2)9-10-7-6-8-10/h10H,4-9,16H2,1-3H3,(H,17,19). The van der Waals surface area contributed by atoms with Gasteiger partial charge in [-0.1, -0.05) is 6.42 Å². The second-order valence-electron chi connectivity index (χ2n) is 5.38. The van der Waals surface area contributed by atoms with Crippen molar-refractivity contribution in [2.24, 2.45) is 5.92 Å². The maximum atomic E-state index is 12.1. The summed E-state index contributed by atoms with van der Waals surface area (Å²) in [6.45, 7) is 6.76. The summed E-state index contributed by atoms with van der Waals surface area (Å²) in [7, 11) is 0. The second-order valence-corrected chi connectivity index (χ2v) is 7.19. The highest BCUT2D eigenvalue weighted by Crippen LogP contribution is 2.44. The van der Waals surface area contributed by atoms with Gasteiger partial charge in [0.15, 0.2) is 0 Å². The first kappa shape index (κ1) is 16.5. The number of thiophene rings is 1. The lowest BCUT2D eigenvalue weighted by Crippen LogP contribution is -2.32. The molecular weight excluding hydrogens is 302 g/mol. The van der Waals surface area contributed by atoms with E-state index >= 15 is 0 Å². The third kappa shape index (κ3) is 3.48. The Labute approximate surface area is 135 Å². The lowest BCUT2D eigenvalue weighted by molar-refractivity contribution is 0.0960.